The van der Waals surface area contributed by atoms with Gasteiger partial charge in [0.15, 0.2) is 0 Å². The fraction of sp³-hybridized carbons (Fsp3) is 0.571. The number of aliphatic carboxylic acids is 2. The van der Waals surface area contributed by atoms with E-state index in [1.54, 1.807) is 0 Å². The van der Waals surface area contributed by atoms with Gasteiger partial charge in [0, 0.05) is 26.0 Å². The van der Waals surface area contributed by atoms with Crippen molar-refractivity contribution in [1.82, 2.24) is 15.5 Å². The summed E-state index contributed by atoms with van der Waals surface area (Å²) in [7, 11) is 0. The summed E-state index contributed by atoms with van der Waals surface area (Å²) in [6.45, 7) is 1.43. The third-order valence-corrected chi connectivity index (χ3v) is 3.53. The fourth-order valence-corrected chi connectivity index (χ4v) is 2.30. The number of imide groups is 1. The minimum atomic E-state index is -1.52. The Balaban J connectivity index is 4.84. The zero-order valence-corrected chi connectivity index (χ0v) is 15.1. The summed E-state index contributed by atoms with van der Waals surface area (Å²) in [5.41, 5.74) is 0. The molecule has 0 aromatic rings. The number of rotatable bonds is 10. The van der Waals surface area contributed by atoms with Crippen molar-refractivity contribution in [1.29, 1.82) is 0 Å². The standard InChI is InChI=1S/C14H21N3O8S/c1-7(18)17(8(2)19)10(14(24)25)3-4-11(20)16-9(6-26)13(23)15-5-12(21)22/h9-10,26H,3-6H2,1-2H3,(H,15,23)(H,16,20)(H,21,22)(H,24,25)/t9-,10-/m0/s1. The van der Waals surface area contributed by atoms with E-state index in [0.29, 0.717) is 4.90 Å². The van der Waals surface area contributed by atoms with Crippen LogP contribution >= 0.6 is 12.6 Å². The summed E-state index contributed by atoms with van der Waals surface area (Å²) < 4.78 is 0. The van der Waals surface area contributed by atoms with Crippen LogP contribution < -0.4 is 10.6 Å². The monoisotopic (exact) mass is 391 g/mol. The van der Waals surface area contributed by atoms with Crippen LogP contribution in [0.5, 0.6) is 0 Å². The predicted molar refractivity (Wildman–Crippen MR) is 90.3 cm³/mol. The molecule has 0 aromatic carbocycles. The summed E-state index contributed by atoms with van der Waals surface area (Å²) in [4.78, 5) is 68.8. The molecule has 0 saturated carbocycles. The largest absolute Gasteiger partial charge is 0.480 e. The molecule has 0 unspecified atom stereocenters. The third kappa shape index (κ3) is 7.96. The third-order valence-electron chi connectivity index (χ3n) is 3.17. The van der Waals surface area contributed by atoms with Crippen LogP contribution in [0.2, 0.25) is 0 Å². The molecule has 0 aliphatic carbocycles. The highest BCUT2D eigenvalue weighted by atomic mass is 32.1. The zero-order valence-electron chi connectivity index (χ0n) is 14.2. The summed E-state index contributed by atoms with van der Waals surface area (Å²) in [6, 6.07) is -2.64. The van der Waals surface area contributed by atoms with Crippen LogP contribution in [-0.2, 0) is 28.8 Å². The van der Waals surface area contributed by atoms with Crippen LogP contribution in [0.4, 0.5) is 0 Å². The highest BCUT2D eigenvalue weighted by Gasteiger charge is 2.31. The lowest BCUT2D eigenvalue weighted by molar-refractivity contribution is -0.157. The molecule has 146 valence electrons. The maximum atomic E-state index is 11.9. The van der Waals surface area contributed by atoms with Crippen LogP contribution in [0.3, 0.4) is 0 Å². The average molecular weight is 391 g/mol. The van der Waals surface area contributed by atoms with Gasteiger partial charge in [-0.05, 0) is 6.42 Å². The lowest BCUT2D eigenvalue weighted by Crippen LogP contribution is -2.50. The van der Waals surface area contributed by atoms with Crippen molar-refractivity contribution < 1.29 is 39.0 Å². The van der Waals surface area contributed by atoms with Crippen LogP contribution in [0, 0.1) is 0 Å². The molecule has 11 nitrogen and oxygen atoms in total. The summed E-state index contributed by atoms with van der Waals surface area (Å²) >= 11 is 3.89. The van der Waals surface area contributed by atoms with Crippen molar-refractivity contribution in [3.8, 4) is 0 Å². The van der Waals surface area contributed by atoms with E-state index in [9.17, 15) is 33.9 Å². The van der Waals surface area contributed by atoms with Crippen molar-refractivity contribution >= 4 is 48.2 Å². The molecule has 12 heteroatoms. The average Bonchev–Trinajstić information content (AvgIpc) is 2.52. The van der Waals surface area contributed by atoms with Gasteiger partial charge in [0.1, 0.15) is 18.6 Å². The Kier molecular flexibility index (Phi) is 9.96. The lowest BCUT2D eigenvalue weighted by atomic mass is 10.1. The molecule has 26 heavy (non-hydrogen) atoms. The first-order valence-corrected chi connectivity index (χ1v) is 8.07. The van der Waals surface area contributed by atoms with E-state index in [1.807, 2.05) is 0 Å². The molecule has 0 spiro atoms. The smallest absolute Gasteiger partial charge is 0.326 e. The molecule has 2 atom stereocenters. The van der Waals surface area contributed by atoms with Crippen LogP contribution in [-0.4, -0.2) is 75.1 Å². The van der Waals surface area contributed by atoms with Crippen molar-refractivity contribution in [3.05, 3.63) is 0 Å². The first kappa shape index (κ1) is 23.4. The van der Waals surface area contributed by atoms with Crippen LogP contribution in [0.15, 0.2) is 0 Å². The van der Waals surface area contributed by atoms with Gasteiger partial charge in [-0.25, -0.2) is 4.79 Å². The Bertz CT molecular complexity index is 581. The normalized spacial score (nSPS) is 12.4. The Hall–Kier alpha value is -2.63. The lowest BCUT2D eigenvalue weighted by Gasteiger charge is -2.25. The second kappa shape index (κ2) is 11.1. The van der Waals surface area contributed by atoms with Gasteiger partial charge in [-0.2, -0.15) is 12.6 Å². The molecule has 0 aliphatic heterocycles. The van der Waals surface area contributed by atoms with E-state index in [1.165, 1.54) is 0 Å². The Morgan fingerprint density at radius 2 is 1.58 bits per heavy atom. The molecular formula is C14H21N3O8S. The number of carbonyl (C=O) groups is 6. The number of amides is 4. The Labute approximate surface area is 154 Å². The number of hydrogen-bond acceptors (Lipinski definition) is 7. The number of nitrogens with zero attached hydrogens (tertiary/aromatic N) is 1. The number of carboxylic acid groups (broad SMARTS) is 2. The maximum absolute atomic E-state index is 11.9. The van der Waals surface area contributed by atoms with Gasteiger partial charge < -0.3 is 20.8 Å². The molecule has 0 rings (SSSR count). The summed E-state index contributed by atoms with van der Waals surface area (Å²) in [5.74, 6) is -5.86. The van der Waals surface area contributed by atoms with Crippen LogP contribution in [0.25, 0.3) is 0 Å². The Morgan fingerprint density at radius 3 is 1.96 bits per heavy atom. The number of carbonyl (C=O) groups excluding carboxylic acids is 4. The van der Waals surface area contributed by atoms with Gasteiger partial charge in [0.25, 0.3) is 0 Å². The van der Waals surface area contributed by atoms with E-state index < -0.39 is 54.2 Å². The fourth-order valence-electron chi connectivity index (χ4n) is 2.04. The highest BCUT2D eigenvalue weighted by Crippen LogP contribution is 2.09. The molecule has 0 heterocycles. The van der Waals surface area contributed by atoms with Gasteiger partial charge in [-0.1, -0.05) is 0 Å². The van der Waals surface area contributed by atoms with Crippen molar-refractivity contribution in [2.75, 3.05) is 12.3 Å². The maximum Gasteiger partial charge on any atom is 0.326 e. The molecule has 4 amide bonds. The SMILES string of the molecule is CC(=O)N(C(C)=O)[C@@H](CCC(=O)N[C@@H](CS)C(=O)NCC(=O)O)C(=O)O. The van der Waals surface area contributed by atoms with E-state index in [-0.39, 0.29) is 18.6 Å². The first-order chi connectivity index (χ1) is 12.0. The molecule has 0 fully saturated rings. The van der Waals surface area contributed by atoms with E-state index in [0.717, 1.165) is 13.8 Å². The topological polar surface area (TPSA) is 170 Å². The molecule has 0 radical (unpaired) electrons. The van der Waals surface area contributed by atoms with Gasteiger partial charge in [0.05, 0.1) is 0 Å². The van der Waals surface area contributed by atoms with Gasteiger partial charge in [-0.15, -0.1) is 0 Å². The summed E-state index contributed by atoms with van der Waals surface area (Å²) in [5, 5.41) is 22.0. The van der Waals surface area contributed by atoms with Crippen molar-refractivity contribution in [2.24, 2.45) is 0 Å². The summed E-state index contributed by atoms with van der Waals surface area (Å²) in [6.07, 6.45) is -0.735. The number of nitrogens with one attached hydrogen (secondary N) is 2. The van der Waals surface area contributed by atoms with Gasteiger partial charge in [0.2, 0.25) is 23.6 Å². The molecule has 4 N–H and O–H groups in total. The zero-order chi connectivity index (χ0) is 20.4. The molecular weight excluding hydrogens is 370 g/mol. The van der Waals surface area contributed by atoms with E-state index in [2.05, 4.69) is 23.3 Å². The van der Waals surface area contributed by atoms with E-state index >= 15 is 0 Å². The molecule has 0 saturated heterocycles. The van der Waals surface area contributed by atoms with Crippen LogP contribution in [0.1, 0.15) is 26.7 Å². The van der Waals surface area contributed by atoms with Crippen molar-refractivity contribution in [2.45, 2.75) is 38.8 Å². The first-order valence-electron chi connectivity index (χ1n) is 7.44. The highest BCUT2D eigenvalue weighted by molar-refractivity contribution is 7.80. The van der Waals surface area contributed by atoms with Gasteiger partial charge in [-0.3, -0.25) is 28.9 Å². The van der Waals surface area contributed by atoms with Gasteiger partial charge >= 0.3 is 11.9 Å². The van der Waals surface area contributed by atoms with Crippen molar-refractivity contribution in [3.63, 3.8) is 0 Å². The second-order valence-electron chi connectivity index (χ2n) is 5.21. The quantitative estimate of drug-likeness (QED) is 0.272. The number of hydrogen-bond donors (Lipinski definition) is 5. The molecule has 0 aromatic heterocycles. The molecule has 0 bridgehead atoms. The number of thiol groups is 1. The second-order valence-corrected chi connectivity index (χ2v) is 5.58. The Morgan fingerprint density at radius 1 is 1.04 bits per heavy atom. The molecule has 0 aliphatic rings. The minimum absolute atomic E-state index is 0.118. The predicted octanol–water partition coefficient (Wildman–Crippen LogP) is -1.77. The van der Waals surface area contributed by atoms with E-state index in [4.69, 9.17) is 5.11 Å². The minimum Gasteiger partial charge on any atom is -0.480 e. The number of carboxylic acids is 2.